The van der Waals surface area contributed by atoms with Gasteiger partial charge in [-0.25, -0.2) is 0 Å². The van der Waals surface area contributed by atoms with Crippen LogP contribution in [0.25, 0.3) is 0 Å². The van der Waals surface area contributed by atoms with Gasteiger partial charge in [0.1, 0.15) is 0 Å². The number of rotatable bonds is 0. The first-order chi connectivity index (χ1) is 15.7. The summed E-state index contributed by atoms with van der Waals surface area (Å²) in [6, 6.07) is 0. The van der Waals surface area contributed by atoms with Crippen LogP contribution >= 0.6 is 0 Å². The van der Waals surface area contributed by atoms with Gasteiger partial charge in [-0.1, -0.05) is 41.5 Å². The van der Waals surface area contributed by atoms with E-state index in [1.54, 1.807) is 0 Å². The van der Waals surface area contributed by atoms with Crippen LogP contribution in [0.4, 0.5) is 0 Å². The molecule has 0 unspecified atom stereocenters. The summed E-state index contributed by atoms with van der Waals surface area (Å²) in [5.74, 6) is 1.95. The van der Waals surface area contributed by atoms with Gasteiger partial charge in [-0.2, -0.15) is 0 Å². The zero-order chi connectivity index (χ0) is 25.4. The van der Waals surface area contributed by atoms with Gasteiger partial charge < -0.3 is 10.6 Å². The first-order valence-electron chi connectivity index (χ1n) is 13.4. The molecule has 4 fully saturated rings. The molecule has 0 aromatic carbocycles. The highest BCUT2D eigenvalue weighted by atomic mass is 16.2. The van der Waals surface area contributed by atoms with Crippen molar-refractivity contribution in [3.63, 3.8) is 0 Å². The SMILES string of the molecule is CC(C)(C)C1CCC2(CC1)NC(=O)CCC2=O.CC(C)(C)C1CCC2(CC1)NC(=O)CCC2=O. The largest absolute Gasteiger partial charge is 0.344 e. The van der Waals surface area contributed by atoms with Gasteiger partial charge in [0.05, 0.1) is 11.1 Å². The lowest BCUT2D eigenvalue weighted by molar-refractivity contribution is -0.139. The smallest absolute Gasteiger partial charge is 0.221 e. The summed E-state index contributed by atoms with van der Waals surface area (Å²) in [4.78, 5) is 47.1. The van der Waals surface area contributed by atoms with Crippen LogP contribution in [0.2, 0.25) is 0 Å². The fourth-order valence-corrected chi connectivity index (χ4v) is 6.49. The first kappa shape index (κ1) is 26.9. The van der Waals surface area contributed by atoms with Crippen LogP contribution < -0.4 is 10.6 Å². The second kappa shape index (κ2) is 9.73. The third kappa shape index (κ3) is 5.91. The van der Waals surface area contributed by atoms with Crippen LogP contribution in [0.15, 0.2) is 0 Å². The van der Waals surface area contributed by atoms with E-state index < -0.39 is 11.1 Å². The molecule has 0 bridgehead atoms. The molecule has 2 saturated carbocycles. The maximum absolute atomic E-state index is 12.1. The topological polar surface area (TPSA) is 92.3 Å². The Kier molecular flexibility index (Phi) is 7.69. The number of amides is 2. The monoisotopic (exact) mass is 474 g/mol. The second-order valence-electron chi connectivity index (χ2n) is 13.4. The number of nitrogens with one attached hydrogen (secondary N) is 2. The van der Waals surface area contributed by atoms with E-state index in [1.165, 1.54) is 0 Å². The first-order valence-corrected chi connectivity index (χ1v) is 13.4. The van der Waals surface area contributed by atoms with Gasteiger partial charge in [0.15, 0.2) is 11.6 Å². The van der Waals surface area contributed by atoms with E-state index in [2.05, 4.69) is 52.2 Å². The van der Waals surface area contributed by atoms with Crippen molar-refractivity contribution >= 4 is 23.4 Å². The maximum atomic E-state index is 12.1. The lowest BCUT2D eigenvalue weighted by atomic mass is 9.65. The third-order valence-electron chi connectivity index (χ3n) is 9.11. The van der Waals surface area contributed by atoms with Gasteiger partial charge >= 0.3 is 0 Å². The van der Waals surface area contributed by atoms with Crippen molar-refractivity contribution in [1.29, 1.82) is 0 Å². The molecule has 2 saturated heterocycles. The molecular formula is C28H46N2O4. The maximum Gasteiger partial charge on any atom is 0.221 e. The number of carbonyl (C=O) groups excluding carboxylic acids is 4. The minimum Gasteiger partial charge on any atom is -0.344 e. The molecule has 4 rings (SSSR count). The number of carbonyl (C=O) groups is 4. The summed E-state index contributed by atoms with van der Waals surface area (Å²) in [7, 11) is 0. The summed E-state index contributed by atoms with van der Waals surface area (Å²) < 4.78 is 0. The molecule has 2 aliphatic carbocycles. The summed E-state index contributed by atoms with van der Waals surface area (Å²) in [5.41, 5.74) is -0.388. The van der Waals surface area contributed by atoms with Crippen molar-refractivity contribution < 1.29 is 19.2 Å². The molecule has 6 heteroatoms. The Labute approximate surface area is 205 Å². The second-order valence-corrected chi connectivity index (χ2v) is 13.4. The quantitative estimate of drug-likeness (QED) is 0.523. The van der Waals surface area contributed by atoms with Crippen molar-refractivity contribution in [3.8, 4) is 0 Å². The molecule has 2 heterocycles. The van der Waals surface area contributed by atoms with Crippen molar-refractivity contribution in [3.05, 3.63) is 0 Å². The average molecular weight is 475 g/mol. The van der Waals surface area contributed by atoms with E-state index >= 15 is 0 Å². The van der Waals surface area contributed by atoms with E-state index in [0.717, 1.165) is 51.4 Å². The van der Waals surface area contributed by atoms with Crippen LogP contribution in [-0.2, 0) is 19.2 Å². The third-order valence-corrected chi connectivity index (χ3v) is 9.11. The fraction of sp³-hybridized carbons (Fsp3) is 0.857. The van der Waals surface area contributed by atoms with Gasteiger partial charge in [-0.05, 0) is 74.0 Å². The van der Waals surface area contributed by atoms with E-state index in [9.17, 15) is 19.2 Å². The summed E-state index contributed by atoms with van der Waals surface area (Å²) in [5, 5.41) is 5.93. The zero-order valence-corrected chi connectivity index (χ0v) is 22.3. The average Bonchev–Trinajstić information content (AvgIpc) is 2.74. The van der Waals surface area contributed by atoms with E-state index in [1.807, 2.05) is 0 Å². The molecular weight excluding hydrogens is 428 g/mol. The molecule has 34 heavy (non-hydrogen) atoms. The predicted molar refractivity (Wildman–Crippen MR) is 133 cm³/mol. The lowest BCUT2D eigenvalue weighted by Crippen LogP contribution is -2.59. The van der Waals surface area contributed by atoms with Crippen LogP contribution in [0, 0.1) is 22.7 Å². The van der Waals surface area contributed by atoms with Crippen molar-refractivity contribution in [2.24, 2.45) is 22.7 Å². The molecule has 2 spiro atoms. The van der Waals surface area contributed by atoms with Gasteiger partial charge in [-0.3, -0.25) is 19.2 Å². The minimum atomic E-state index is -0.503. The number of piperidine rings is 2. The molecule has 2 aliphatic heterocycles. The number of ketones is 2. The predicted octanol–water partition coefficient (Wildman–Crippen LogP) is 4.88. The fourth-order valence-electron chi connectivity index (χ4n) is 6.49. The van der Waals surface area contributed by atoms with Crippen molar-refractivity contribution in [2.45, 2.75) is 130 Å². The molecule has 0 radical (unpaired) electrons. The molecule has 192 valence electrons. The minimum absolute atomic E-state index is 0.0545. The zero-order valence-electron chi connectivity index (χ0n) is 22.3. The summed E-state index contributed by atoms with van der Waals surface area (Å²) >= 11 is 0. The number of hydrogen-bond donors (Lipinski definition) is 2. The van der Waals surface area contributed by atoms with Crippen LogP contribution in [0.1, 0.15) is 119 Å². The van der Waals surface area contributed by atoms with Crippen LogP contribution in [0.3, 0.4) is 0 Å². The number of hydrogen-bond acceptors (Lipinski definition) is 4. The highest BCUT2D eigenvalue weighted by molar-refractivity contribution is 5.99. The van der Waals surface area contributed by atoms with Crippen molar-refractivity contribution in [1.82, 2.24) is 10.6 Å². The Morgan fingerprint density at radius 3 is 1.12 bits per heavy atom. The Balaban J connectivity index is 0.000000191. The Morgan fingerprint density at radius 2 is 0.853 bits per heavy atom. The van der Waals surface area contributed by atoms with E-state index in [4.69, 9.17) is 0 Å². The molecule has 4 aliphatic rings. The standard InChI is InChI=1S/2C14H23NO2/c2*1-13(2,3)10-6-8-14(9-7-10)11(16)4-5-12(17)15-14/h2*10H,4-9H2,1-3H3,(H,15,17). The molecule has 2 amide bonds. The van der Waals surface area contributed by atoms with Crippen LogP contribution in [-0.4, -0.2) is 34.5 Å². The Hall–Kier alpha value is -1.72. The molecule has 0 aromatic rings. The number of Topliss-reactive ketones (excluding diaryl/α,β-unsaturated/α-hetero) is 2. The van der Waals surface area contributed by atoms with Crippen LogP contribution in [0.5, 0.6) is 0 Å². The van der Waals surface area contributed by atoms with Gasteiger partial charge in [0.25, 0.3) is 0 Å². The van der Waals surface area contributed by atoms with E-state index in [0.29, 0.717) is 48.3 Å². The van der Waals surface area contributed by atoms with Crippen molar-refractivity contribution in [2.75, 3.05) is 0 Å². The highest BCUT2D eigenvalue weighted by Gasteiger charge is 2.47. The van der Waals surface area contributed by atoms with Gasteiger partial charge in [0, 0.05) is 25.7 Å². The van der Waals surface area contributed by atoms with Gasteiger partial charge in [-0.15, -0.1) is 0 Å². The summed E-state index contributed by atoms with van der Waals surface area (Å²) in [6.07, 6.45) is 9.17. The molecule has 0 aromatic heterocycles. The molecule has 0 atom stereocenters. The molecule has 6 nitrogen and oxygen atoms in total. The van der Waals surface area contributed by atoms with E-state index in [-0.39, 0.29) is 23.4 Å². The lowest BCUT2D eigenvalue weighted by Gasteiger charge is -2.45. The Morgan fingerprint density at radius 1 is 0.559 bits per heavy atom. The Bertz CT molecular complexity index is 733. The summed E-state index contributed by atoms with van der Waals surface area (Å²) in [6.45, 7) is 13.6. The molecule has 2 N–H and O–H groups in total. The normalized spacial score (nSPS) is 34.9. The van der Waals surface area contributed by atoms with Gasteiger partial charge in [0.2, 0.25) is 11.8 Å². The highest BCUT2D eigenvalue weighted by Crippen LogP contribution is 2.44.